The van der Waals surface area contributed by atoms with Crippen molar-refractivity contribution in [2.75, 3.05) is 0 Å². The second-order valence-electron chi connectivity index (χ2n) is 10.7. The molecular formula is C29H42O2. The van der Waals surface area contributed by atoms with Gasteiger partial charge in [0.05, 0.1) is 10.8 Å². The molecule has 0 aliphatic heterocycles. The fourth-order valence-electron chi connectivity index (χ4n) is 6.98. The lowest BCUT2D eigenvalue weighted by atomic mass is 9.40. The lowest BCUT2D eigenvalue weighted by Gasteiger charge is -2.58. The Hall–Kier alpha value is -1.44. The summed E-state index contributed by atoms with van der Waals surface area (Å²) in [4.78, 5) is 27.2. The largest absolute Gasteiger partial charge is 0.297 e. The number of aryl methyl sites for hydroxylation is 1. The zero-order chi connectivity index (χ0) is 21.7. The Morgan fingerprint density at radius 1 is 0.742 bits per heavy atom. The molecule has 0 bridgehead atoms. The Balaban J connectivity index is 1.38. The maximum atomic E-state index is 13.6. The number of rotatable bonds is 9. The third-order valence-corrected chi connectivity index (χ3v) is 8.75. The average molecular weight is 423 g/mol. The van der Waals surface area contributed by atoms with Crippen LogP contribution in [0.4, 0.5) is 0 Å². The zero-order valence-corrected chi connectivity index (χ0v) is 19.7. The van der Waals surface area contributed by atoms with Gasteiger partial charge < -0.3 is 0 Å². The third-order valence-electron chi connectivity index (χ3n) is 8.75. The quantitative estimate of drug-likeness (QED) is 0.301. The van der Waals surface area contributed by atoms with Gasteiger partial charge in [0, 0.05) is 5.92 Å². The van der Waals surface area contributed by atoms with Crippen molar-refractivity contribution in [2.24, 2.45) is 10.8 Å². The van der Waals surface area contributed by atoms with Crippen LogP contribution in [-0.2, 0) is 16.0 Å². The van der Waals surface area contributed by atoms with Crippen molar-refractivity contribution in [1.82, 2.24) is 0 Å². The van der Waals surface area contributed by atoms with Gasteiger partial charge >= 0.3 is 0 Å². The number of Topliss-reactive ketones (excluding diaryl/α,β-unsaturated/α-hetero) is 2. The number of ketones is 2. The SMILES string of the molecule is CCCCCCCCCc1ccc(C2CCCCC23C(=O)C2(CCCCC2)C3=O)cc1. The molecule has 0 saturated heterocycles. The molecule has 1 aromatic rings. The lowest BCUT2D eigenvalue weighted by Crippen LogP contribution is -2.69. The van der Waals surface area contributed by atoms with E-state index in [0.29, 0.717) is 11.6 Å². The molecular weight excluding hydrogens is 380 g/mol. The number of hydrogen-bond acceptors (Lipinski definition) is 2. The standard InChI is InChI=1S/C29H42O2/c1-2-3-4-5-6-7-9-14-23-16-18-24(19-17-23)25-15-10-13-22-29(25)26(30)28(27(29)31)20-11-8-12-21-28/h16-19,25H,2-15,20-22H2,1H3. The van der Waals surface area contributed by atoms with Gasteiger partial charge in [-0.25, -0.2) is 0 Å². The first-order chi connectivity index (χ1) is 15.1. The van der Waals surface area contributed by atoms with Gasteiger partial charge in [-0.05, 0) is 49.7 Å². The Labute approximate surface area is 189 Å². The van der Waals surface area contributed by atoms with Crippen LogP contribution in [0.3, 0.4) is 0 Å². The fourth-order valence-corrected chi connectivity index (χ4v) is 6.98. The van der Waals surface area contributed by atoms with E-state index in [1.54, 1.807) is 0 Å². The summed E-state index contributed by atoms with van der Waals surface area (Å²) in [6, 6.07) is 9.00. The van der Waals surface area contributed by atoms with E-state index in [1.807, 2.05) is 0 Å². The van der Waals surface area contributed by atoms with Crippen LogP contribution in [0.5, 0.6) is 0 Å². The van der Waals surface area contributed by atoms with Crippen LogP contribution in [0.1, 0.15) is 127 Å². The van der Waals surface area contributed by atoms with Crippen molar-refractivity contribution in [2.45, 2.75) is 122 Å². The van der Waals surface area contributed by atoms with Crippen LogP contribution in [0.2, 0.25) is 0 Å². The van der Waals surface area contributed by atoms with E-state index in [-0.39, 0.29) is 5.92 Å². The van der Waals surface area contributed by atoms with Gasteiger partial charge in [0.25, 0.3) is 0 Å². The summed E-state index contributed by atoms with van der Waals surface area (Å²) >= 11 is 0. The molecule has 31 heavy (non-hydrogen) atoms. The average Bonchev–Trinajstić information content (AvgIpc) is 2.83. The summed E-state index contributed by atoms with van der Waals surface area (Å²) in [5.41, 5.74) is 1.35. The first-order valence-corrected chi connectivity index (χ1v) is 13.3. The Morgan fingerprint density at radius 3 is 2.03 bits per heavy atom. The second-order valence-corrected chi connectivity index (χ2v) is 10.7. The normalized spacial score (nSPS) is 24.5. The minimum atomic E-state index is -0.685. The molecule has 0 aromatic heterocycles. The van der Waals surface area contributed by atoms with Crippen molar-refractivity contribution in [1.29, 1.82) is 0 Å². The Morgan fingerprint density at radius 2 is 1.35 bits per heavy atom. The van der Waals surface area contributed by atoms with Crippen LogP contribution >= 0.6 is 0 Å². The number of unbranched alkanes of at least 4 members (excludes halogenated alkanes) is 6. The maximum Gasteiger partial charge on any atom is 0.160 e. The third kappa shape index (κ3) is 4.16. The Kier molecular flexibility index (Phi) is 7.34. The lowest BCUT2D eigenvalue weighted by molar-refractivity contribution is -0.179. The van der Waals surface area contributed by atoms with Gasteiger partial charge in [-0.2, -0.15) is 0 Å². The topological polar surface area (TPSA) is 34.1 Å². The smallest absolute Gasteiger partial charge is 0.160 e. The second kappa shape index (κ2) is 10.0. The van der Waals surface area contributed by atoms with Crippen LogP contribution in [-0.4, -0.2) is 11.6 Å². The summed E-state index contributed by atoms with van der Waals surface area (Å²) < 4.78 is 0. The van der Waals surface area contributed by atoms with Gasteiger partial charge in [-0.1, -0.05) is 102 Å². The van der Waals surface area contributed by atoms with Crippen molar-refractivity contribution >= 4 is 11.6 Å². The molecule has 0 heterocycles. The highest BCUT2D eigenvalue weighted by Crippen LogP contribution is 2.64. The van der Waals surface area contributed by atoms with Crippen LogP contribution in [0.15, 0.2) is 24.3 Å². The molecule has 170 valence electrons. The van der Waals surface area contributed by atoms with E-state index in [9.17, 15) is 9.59 Å². The molecule has 1 aromatic carbocycles. The van der Waals surface area contributed by atoms with Gasteiger partial charge in [-0.15, -0.1) is 0 Å². The number of carbonyl (C=O) groups excluding carboxylic acids is 2. The first kappa shape index (κ1) is 22.7. The monoisotopic (exact) mass is 422 g/mol. The minimum Gasteiger partial charge on any atom is -0.297 e. The molecule has 2 heteroatoms. The fraction of sp³-hybridized carbons (Fsp3) is 0.724. The van der Waals surface area contributed by atoms with Crippen LogP contribution < -0.4 is 0 Å². The summed E-state index contributed by atoms with van der Waals surface area (Å²) in [5.74, 6) is 0.754. The number of hydrogen-bond donors (Lipinski definition) is 0. The molecule has 4 rings (SSSR count). The maximum absolute atomic E-state index is 13.6. The summed E-state index contributed by atoms with van der Waals surface area (Å²) in [6.07, 6.45) is 19.4. The molecule has 0 amide bonds. The number of benzene rings is 1. The van der Waals surface area contributed by atoms with Gasteiger partial charge in [-0.3, -0.25) is 9.59 Å². The van der Waals surface area contributed by atoms with Crippen molar-refractivity contribution < 1.29 is 9.59 Å². The van der Waals surface area contributed by atoms with E-state index in [1.165, 1.54) is 62.5 Å². The van der Waals surface area contributed by atoms with Gasteiger partial charge in [0.1, 0.15) is 0 Å². The predicted molar refractivity (Wildman–Crippen MR) is 127 cm³/mol. The minimum absolute atomic E-state index is 0.112. The predicted octanol–water partition coefficient (Wildman–Crippen LogP) is 7.73. The molecule has 0 N–H and O–H groups in total. The van der Waals surface area contributed by atoms with Gasteiger partial charge in [0.15, 0.2) is 11.6 Å². The van der Waals surface area contributed by atoms with Crippen LogP contribution in [0, 0.1) is 10.8 Å². The molecule has 2 nitrogen and oxygen atoms in total. The zero-order valence-electron chi connectivity index (χ0n) is 19.7. The molecule has 0 radical (unpaired) electrons. The summed E-state index contributed by atoms with van der Waals surface area (Å²) in [5, 5.41) is 0. The van der Waals surface area contributed by atoms with E-state index in [4.69, 9.17) is 0 Å². The molecule has 3 aliphatic carbocycles. The first-order valence-electron chi connectivity index (χ1n) is 13.3. The van der Waals surface area contributed by atoms with E-state index < -0.39 is 10.8 Å². The number of carbonyl (C=O) groups is 2. The highest BCUT2D eigenvalue weighted by Gasteiger charge is 2.72. The molecule has 3 aliphatic rings. The highest BCUT2D eigenvalue weighted by molar-refractivity contribution is 6.31. The van der Waals surface area contributed by atoms with Crippen molar-refractivity contribution in [3.8, 4) is 0 Å². The molecule has 2 spiro atoms. The molecule has 3 saturated carbocycles. The van der Waals surface area contributed by atoms with Crippen molar-refractivity contribution in [3.63, 3.8) is 0 Å². The van der Waals surface area contributed by atoms with E-state index >= 15 is 0 Å². The molecule has 1 atom stereocenters. The molecule has 1 unspecified atom stereocenters. The molecule has 3 fully saturated rings. The highest BCUT2D eigenvalue weighted by atomic mass is 16.2. The van der Waals surface area contributed by atoms with E-state index in [0.717, 1.165) is 57.8 Å². The summed E-state index contributed by atoms with van der Waals surface area (Å²) in [6.45, 7) is 2.27. The van der Waals surface area contributed by atoms with Crippen molar-refractivity contribution in [3.05, 3.63) is 35.4 Å². The van der Waals surface area contributed by atoms with E-state index in [2.05, 4.69) is 31.2 Å². The van der Waals surface area contributed by atoms with Gasteiger partial charge in [0.2, 0.25) is 0 Å². The summed E-state index contributed by atoms with van der Waals surface area (Å²) in [7, 11) is 0. The van der Waals surface area contributed by atoms with Crippen LogP contribution in [0.25, 0.3) is 0 Å². The Bertz CT molecular complexity index is 735.